The highest BCUT2D eigenvalue weighted by Gasteiger charge is 2.16. The number of rotatable bonds is 3. The van der Waals surface area contributed by atoms with Crippen molar-refractivity contribution in [1.29, 1.82) is 0 Å². The summed E-state index contributed by atoms with van der Waals surface area (Å²) in [5.41, 5.74) is 1.77. The van der Waals surface area contributed by atoms with Crippen LogP contribution in [-0.2, 0) is 0 Å². The summed E-state index contributed by atoms with van der Waals surface area (Å²) in [6.07, 6.45) is 0. The lowest BCUT2D eigenvalue weighted by atomic mass is 10.2. The van der Waals surface area contributed by atoms with Crippen molar-refractivity contribution in [1.82, 2.24) is 9.97 Å². The van der Waals surface area contributed by atoms with Crippen LogP contribution >= 0.6 is 0 Å². The third-order valence-corrected chi connectivity index (χ3v) is 4.16. The number of para-hydroxylation sites is 1. The van der Waals surface area contributed by atoms with Crippen LogP contribution in [-0.4, -0.2) is 16.8 Å². The molecule has 0 amide bonds. The SMILES string of the molecule is c1ccc(-c2nc(Oc3ccc4c(c3)OCO4)c3ccccc3n2)cc1. The maximum Gasteiger partial charge on any atom is 0.231 e. The van der Waals surface area contributed by atoms with Crippen LogP contribution in [0.1, 0.15) is 0 Å². The van der Waals surface area contributed by atoms with Crippen LogP contribution in [0.3, 0.4) is 0 Å². The topological polar surface area (TPSA) is 53.5 Å². The molecule has 0 radical (unpaired) electrons. The number of aromatic nitrogens is 2. The van der Waals surface area contributed by atoms with Gasteiger partial charge in [0.15, 0.2) is 17.3 Å². The Balaban J connectivity index is 1.62. The molecule has 5 rings (SSSR count). The standard InChI is InChI=1S/C21H14N2O3/c1-2-6-14(7-3-1)20-22-17-9-5-4-8-16(17)21(23-20)26-15-10-11-18-19(12-15)25-13-24-18/h1-12H,13H2. The highest BCUT2D eigenvalue weighted by molar-refractivity contribution is 5.85. The minimum Gasteiger partial charge on any atom is -0.454 e. The van der Waals surface area contributed by atoms with Crippen LogP contribution in [0, 0.1) is 0 Å². The van der Waals surface area contributed by atoms with Gasteiger partial charge >= 0.3 is 0 Å². The first-order valence-electron chi connectivity index (χ1n) is 8.26. The molecular formula is C21H14N2O3. The molecular weight excluding hydrogens is 328 g/mol. The first kappa shape index (κ1) is 14.7. The van der Waals surface area contributed by atoms with Crippen molar-refractivity contribution >= 4 is 10.9 Å². The van der Waals surface area contributed by atoms with Gasteiger partial charge in [-0.25, -0.2) is 4.98 Å². The fourth-order valence-corrected chi connectivity index (χ4v) is 2.89. The summed E-state index contributed by atoms with van der Waals surface area (Å²) in [5, 5.41) is 0.852. The predicted molar refractivity (Wildman–Crippen MR) is 97.6 cm³/mol. The van der Waals surface area contributed by atoms with E-state index in [0.717, 1.165) is 22.2 Å². The van der Waals surface area contributed by atoms with Crippen LogP contribution in [0.25, 0.3) is 22.3 Å². The van der Waals surface area contributed by atoms with E-state index in [1.54, 1.807) is 6.07 Å². The highest BCUT2D eigenvalue weighted by atomic mass is 16.7. The molecule has 0 aliphatic carbocycles. The molecule has 5 nitrogen and oxygen atoms in total. The van der Waals surface area contributed by atoms with Gasteiger partial charge in [0.2, 0.25) is 12.7 Å². The Kier molecular flexibility index (Phi) is 3.42. The predicted octanol–water partition coefficient (Wildman–Crippen LogP) is 4.82. The Morgan fingerprint density at radius 3 is 2.50 bits per heavy atom. The van der Waals surface area contributed by atoms with Gasteiger partial charge in [0.05, 0.1) is 10.9 Å². The molecule has 0 fully saturated rings. The van der Waals surface area contributed by atoms with E-state index in [2.05, 4.69) is 9.97 Å². The van der Waals surface area contributed by atoms with E-state index < -0.39 is 0 Å². The Bertz CT molecular complexity index is 1100. The quantitative estimate of drug-likeness (QED) is 0.534. The highest BCUT2D eigenvalue weighted by Crippen LogP contribution is 2.37. The summed E-state index contributed by atoms with van der Waals surface area (Å²) in [5.74, 6) is 3.16. The van der Waals surface area contributed by atoms with Crippen molar-refractivity contribution in [3.8, 4) is 34.5 Å². The number of nitrogens with zero attached hydrogens (tertiary/aromatic N) is 2. The fourth-order valence-electron chi connectivity index (χ4n) is 2.89. The maximum absolute atomic E-state index is 6.09. The van der Waals surface area contributed by atoms with Crippen molar-refractivity contribution in [2.75, 3.05) is 6.79 Å². The molecule has 2 heterocycles. The molecule has 0 unspecified atom stereocenters. The van der Waals surface area contributed by atoms with Gasteiger partial charge in [-0.15, -0.1) is 0 Å². The lowest BCUT2D eigenvalue weighted by Gasteiger charge is -2.10. The number of fused-ring (bicyclic) bond motifs is 2. The Labute approximate surface area is 149 Å². The van der Waals surface area contributed by atoms with Gasteiger partial charge in [0, 0.05) is 11.6 Å². The minimum atomic E-state index is 0.230. The zero-order valence-electron chi connectivity index (χ0n) is 13.8. The molecule has 0 N–H and O–H groups in total. The minimum absolute atomic E-state index is 0.230. The van der Waals surface area contributed by atoms with Crippen molar-refractivity contribution in [3.63, 3.8) is 0 Å². The van der Waals surface area contributed by atoms with E-state index in [1.165, 1.54) is 0 Å². The molecule has 0 spiro atoms. The molecule has 5 heteroatoms. The lowest BCUT2D eigenvalue weighted by molar-refractivity contribution is 0.174. The molecule has 0 bridgehead atoms. The van der Waals surface area contributed by atoms with E-state index in [9.17, 15) is 0 Å². The molecule has 0 saturated carbocycles. The summed E-state index contributed by atoms with van der Waals surface area (Å²) in [7, 11) is 0. The summed E-state index contributed by atoms with van der Waals surface area (Å²) in [4.78, 5) is 9.32. The zero-order valence-corrected chi connectivity index (χ0v) is 13.8. The molecule has 3 aromatic carbocycles. The summed E-state index contributed by atoms with van der Waals surface area (Å²) < 4.78 is 16.9. The summed E-state index contributed by atoms with van der Waals surface area (Å²) >= 11 is 0. The average molecular weight is 342 g/mol. The largest absolute Gasteiger partial charge is 0.454 e. The zero-order chi connectivity index (χ0) is 17.3. The third kappa shape index (κ3) is 2.59. The van der Waals surface area contributed by atoms with Gasteiger partial charge in [-0.2, -0.15) is 4.98 Å². The van der Waals surface area contributed by atoms with Crippen LogP contribution in [0.5, 0.6) is 23.1 Å². The third-order valence-electron chi connectivity index (χ3n) is 4.16. The van der Waals surface area contributed by atoms with Gasteiger partial charge in [-0.1, -0.05) is 42.5 Å². The van der Waals surface area contributed by atoms with Crippen LogP contribution in [0.4, 0.5) is 0 Å². The monoisotopic (exact) mass is 342 g/mol. The van der Waals surface area contributed by atoms with E-state index in [-0.39, 0.29) is 6.79 Å². The first-order chi connectivity index (χ1) is 12.9. The molecule has 0 atom stereocenters. The Hall–Kier alpha value is -3.60. The lowest BCUT2D eigenvalue weighted by Crippen LogP contribution is -1.96. The van der Waals surface area contributed by atoms with Crippen molar-refractivity contribution in [3.05, 3.63) is 72.8 Å². The van der Waals surface area contributed by atoms with Gasteiger partial charge in [-0.3, -0.25) is 0 Å². The van der Waals surface area contributed by atoms with E-state index >= 15 is 0 Å². The fraction of sp³-hybridized carbons (Fsp3) is 0.0476. The van der Waals surface area contributed by atoms with E-state index in [1.807, 2.05) is 66.7 Å². The molecule has 26 heavy (non-hydrogen) atoms. The van der Waals surface area contributed by atoms with Crippen LogP contribution in [0.2, 0.25) is 0 Å². The second-order valence-electron chi connectivity index (χ2n) is 5.85. The van der Waals surface area contributed by atoms with Gasteiger partial charge in [0.25, 0.3) is 0 Å². The van der Waals surface area contributed by atoms with Crippen molar-refractivity contribution < 1.29 is 14.2 Å². The molecule has 1 aliphatic heterocycles. The Morgan fingerprint density at radius 1 is 0.769 bits per heavy atom. The second-order valence-corrected chi connectivity index (χ2v) is 5.85. The van der Waals surface area contributed by atoms with Gasteiger partial charge in [0.1, 0.15) is 5.75 Å². The maximum atomic E-state index is 6.09. The molecule has 126 valence electrons. The second kappa shape index (κ2) is 6.04. The van der Waals surface area contributed by atoms with E-state index in [0.29, 0.717) is 23.2 Å². The first-order valence-corrected chi connectivity index (χ1v) is 8.26. The normalized spacial score (nSPS) is 12.3. The van der Waals surface area contributed by atoms with Gasteiger partial charge in [-0.05, 0) is 24.3 Å². The van der Waals surface area contributed by atoms with Crippen LogP contribution < -0.4 is 14.2 Å². The number of ether oxygens (including phenoxy) is 3. The summed E-state index contributed by atoms with van der Waals surface area (Å²) in [6.45, 7) is 0.230. The van der Waals surface area contributed by atoms with E-state index in [4.69, 9.17) is 14.2 Å². The van der Waals surface area contributed by atoms with Crippen LogP contribution in [0.15, 0.2) is 72.8 Å². The van der Waals surface area contributed by atoms with Gasteiger partial charge < -0.3 is 14.2 Å². The molecule has 0 saturated heterocycles. The smallest absolute Gasteiger partial charge is 0.231 e. The Morgan fingerprint density at radius 2 is 1.58 bits per heavy atom. The average Bonchev–Trinajstić information content (AvgIpc) is 3.16. The van der Waals surface area contributed by atoms with Crippen molar-refractivity contribution in [2.45, 2.75) is 0 Å². The number of benzene rings is 3. The number of hydrogen-bond donors (Lipinski definition) is 0. The molecule has 1 aliphatic rings. The molecule has 4 aromatic rings. The molecule has 1 aromatic heterocycles. The number of hydrogen-bond acceptors (Lipinski definition) is 5. The summed E-state index contributed by atoms with van der Waals surface area (Å²) in [6, 6.07) is 23.1. The van der Waals surface area contributed by atoms with Crippen molar-refractivity contribution in [2.24, 2.45) is 0 Å².